The van der Waals surface area contributed by atoms with Crippen molar-refractivity contribution >= 4 is 21.9 Å². The fourth-order valence-corrected chi connectivity index (χ4v) is 2.16. The van der Waals surface area contributed by atoms with Gasteiger partial charge in [-0.05, 0) is 19.1 Å². The van der Waals surface area contributed by atoms with Gasteiger partial charge in [0.1, 0.15) is 5.82 Å². The summed E-state index contributed by atoms with van der Waals surface area (Å²) in [6.07, 6.45) is 0. The molecule has 2 aromatic rings. The van der Waals surface area contributed by atoms with Gasteiger partial charge in [-0.2, -0.15) is 0 Å². The fraction of sp³-hybridized carbons (Fsp3) is 0.308. The van der Waals surface area contributed by atoms with Crippen molar-refractivity contribution in [3.05, 3.63) is 45.4 Å². The Balaban J connectivity index is 2.30. The number of hydrogen-bond acceptors (Lipinski definition) is 5. The number of ether oxygens (including phenoxy) is 1. The van der Waals surface area contributed by atoms with Gasteiger partial charge in [-0.1, -0.05) is 27.2 Å². The number of nitrogens with zero attached hydrogens (tertiary/aromatic N) is 3. The minimum Gasteiger partial charge on any atom is -0.461 e. The number of nitrogens with two attached hydrogens (primary N) is 1. The van der Waals surface area contributed by atoms with Crippen molar-refractivity contribution in [1.82, 2.24) is 15.0 Å². The van der Waals surface area contributed by atoms with E-state index in [0.29, 0.717) is 15.7 Å². The van der Waals surface area contributed by atoms with E-state index in [1.54, 1.807) is 19.1 Å². The topological polar surface area (TPSA) is 83.0 Å². The summed E-state index contributed by atoms with van der Waals surface area (Å²) >= 11 is 3.19. The highest BCUT2D eigenvalue weighted by atomic mass is 79.9. The number of benzene rings is 1. The summed E-state index contributed by atoms with van der Waals surface area (Å²) in [5.41, 5.74) is 6.54. The minimum atomic E-state index is -0.583. The van der Waals surface area contributed by atoms with Crippen LogP contribution in [0, 0.1) is 5.82 Å². The van der Waals surface area contributed by atoms with E-state index in [4.69, 9.17) is 10.5 Å². The molecule has 1 heterocycles. The standard InChI is InChI=1S/C13H14BrFN4O2/c1-2-21-13(20)12-11(6-16)19(18-17-12)7-8-3-4-9(14)5-10(8)15/h3-5H,2,6-7,16H2,1H3. The third-order valence-corrected chi connectivity index (χ3v) is 3.33. The van der Waals surface area contributed by atoms with E-state index in [9.17, 15) is 9.18 Å². The van der Waals surface area contributed by atoms with Crippen LogP contribution in [0.1, 0.15) is 28.7 Å². The molecule has 112 valence electrons. The number of carbonyl (C=O) groups excluding carboxylic acids is 1. The molecule has 0 saturated heterocycles. The van der Waals surface area contributed by atoms with E-state index >= 15 is 0 Å². The Morgan fingerprint density at radius 3 is 2.90 bits per heavy atom. The molecule has 0 saturated carbocycles. The molecule has 0 atom stereocenters. The first-order valence-electron chi connectivity index (χ1n) is 6.30. The smallest absolute Gasteiger partial charge is 0.360 e. The van der Waals surface area contributed by atoms with Crippen LogP contribution < -0.4 is 5.73 Å². The lowest BCUT2D eigenvalue weighted by Gasteiger charge is -2.07. The first-order valence-corrected chi connectivity index (χ1v) is 7.09. The van der Waals surface area contributed by atoms with Gasteiger partial charge in [0.15, 0.2) is 5.69 Å². The Morgan fingerprint density at radius 1 is 1.52 bits per heavy atom. The Kier molecular flexibility index (Phi) is 5.03. The Labute approximate surface area is 129 Å². The third-order valence-electron chi connectivity index (χ3n) is 2.83. The lowest BCUT2D eigenvalue weighted by Crippen LogP contribution is -2.15. The van der Waals surface area contributed by atoms with E-state index < -0.39 is 5.97 Å². The molecule has 1 aromatic carbocycles. The molecule has 8 heteroatoms. The van der Waals surface area contributed by atoms with Crippen LogP contribution in [0.3, 0.4) is 0 Å². The quantitative estimate of drug-likeness (QED) is 0.826. The third kappa shape index (κ3) is 3.45. The van der Waals surface area contributed by atoms with Crippen molar-refractivity contribution in [2.75, 3.05) is 6.61 Å². The maximum Gasteiger partial charge on any atom is 0.360 e. The second kappa shape index (κ2) is 6.77. The number of carbonyl (C=O) groups is 1. The van der Waals surface area contributed by atoms with Crippen molar-refractivity contribution in [2.45, 2.75) is 20.0 Å². The van der Waals surface area contributed by atoms with Crippen molar-refractivity contribution in [2.24, 2.45) is 5.73 Å². The molecular formula is C13H14BrFN4O2. The van der Waals surface area contributed by atoms with Gasteiger partial charge in [0.05, 0.1) is 18.8 Å². The number of aromatic nitrogens is 3. The second-order valence-electron chi connectivity index (χ2n) is 4.20. The van der Waals surface area contributed by atoms with Gasteiger partial charge in [-0.15, -0.1) is 5.10 Å². The largest absolute Gasteiger partial charge is 0.461 e. The van der Waals surface area contributed by atoms with Gasteiger partial charge in [0.2, 0.25) is 0 Å². The van der Waals surface area contributed by atoms with E-state index in [1.165, 1.54) is 10.7 Å². The summed E-state index contributed by atoms with van der Waals surface area (Å²) in [5, 5.41) is 7.63. The van der Waals surface area contributed by atoms with Crippen LogP contribution in [0.15, 0.2) is 22.7 Å². The normalized spacial score (nSPS) is 10.7. The molecule has 2 N–H and O–H groups in total. The van der Waals surface area contributed by atoms with Crippen molar-refractivity contribution in [1.29, 1.82) is 0 Å². The van der Waals surface area contributed by atoms with Gasteiger partial charge in [0.25, 0.3) is 0 Å². The highest BCUT2D eigenvalue weighted by Gasteiger charge is 2.20. The molecule has 6 nitrogen and oxygen atoms in total. The van der Waals surface area contributed by atoms with Crippen LogP contribution in [0.25, 0.3) is 0 Å². The monoisotopic (exact) mass is 356 g/mol. The van der Waals surface area contributed by atoms with Crippen LogP contribution in [0.5, 0.6) is 0 Å². The van der Waals surface area contributed by atoms with Crippen LogP contribution in [-0.4, -0.2) is 27.6 Å². The average molecular weight is 357 g/mol. The Morgan fingerprint density at radius 2 is 2.29 bits per heavy atom. The molecule has 0 fully saturated rings. The summed E-state index contributed by atoms with van der Waals surface area (Å²) in [6.45, 7) is 2.12. The lowest BCUT2D eigenvalue weighted by atomic mass is 10.2. The van der Waals surface area contributed by atoms with Gasteiger partial charge < -0.3 is 10.5 Å². The molecule has 0 bridgehead atoms. The maximum absolute atomic E-state index is 13.8. The Hall–Kier alpha value is -1.80. The van der Waals surface area contributed by atoms with Gasteiger partial charge in [-0.25, -0.2) is 13.9 Å². The molecule has 0 spiro atoms. The molecule has 0 amide bonds. The van der Waals surface area contributed by atoms with E-state index in [2.05, 4.69) is 26.2 Å². The lowest BCUT2D eigenvalue weighted by molar-refractivity contribution is 0.0518. The zero-order chi connectivity index (χ0) is 15.4. The fourth-order valence-electron chi connectivity index (χ4n) is 1.83. The highest BCUT2D eigenvalue weighted by Crippen LogP contribution is 2.17. The molecular weight excluding hydrogens is 343 g/mol. The van der Waals surface area contributed by atoms with Gasteiger partial charge in [-0.3, -0.25) is 0 Å². The van der Waals surface area contributed by atoms with Crippen LogP contribution in [-0.2, 0) is 17.8 Å². The van der Waals surface area contributed by atoms with Crippen molar-refractivity contribution in [3.8, 4) is 0 Å². The molecule has 0 radical (unpaired) electrons. The summed E-state index contributed by atoms with van der Waals surface area (Å²) in [5.74, 6) is -0.957. The average Bonchev–Trinajstić information content (AvgIpc) is 2.85. The van der Waals surface area contributed by atoms with Crippen molar-refractivity contribution in [3.63, 3.8) is 0 Å². The summed E-state index contributed by atoms with van der Waals surface area (Å²) in [6, 6.07) is 4.72. The van der Waals surface area contributed by atoms with Gasteiger partial charge in [0, 0.05) is 16.6 Å². The van der Waals surface area contributed by atoms with Crippen molar-refractivity contribution < 1.29 is 13.9 Å². The zero-order valence-electron chi connectivity index (χ0n) is 11.3. The van der Waals surface area contributed by atoms with E-state index in [-0.39, 0.29) is 31.2 Å². The summed E-state index contributed by atoms with van der Waals surface area (Å²) < 4.78 is 20.8. The predicted molar refractivity (Wildman–Crippen MR) is 77.1 cm³/mol. The minimum absolute atomic E-state index is 0.0549. The number of hydrogen-bond donors (Lipinski definition) is 1. The Bertz CT molecular complexity index is 660. The van der Waals surface area contributed by atoms with Gasteiger partial charge >= 0.3 is 5.97 Å². The van der Waals surface area contributed by atoms with Crippen LogP contribution in [0.2, 0.25) is 0 Å². The molecule has 0 unspecified atom stereocenters. The second-order valence-corrected chi connectivity index (χ2v) is 5.12. The molecule has 2 rings (SSSR count). The number of esters is 1. The molecule has 0 aliphatic heterocycles. The number of rotatable bonds is 5. The first kappa shape index (κ1) is 15.6. The molecule has 21 heavy (non-hydrogen) atoms. The highest BCUT2D eigenvalue weighted by molar-refractivity contribution is 9.10. The first-order chi connectivity index (χ1) is 10.1. The SMILES string of the molecule is CCOC(=O)c1nnn(Cc2ccc(Br)cc2F)c1CN. The zero-order valence-corrected chi connectivity index (χ0v) is 12.9. The van der Waals surface area contributed by atoms with Crippen LogP contribution in [0.4, 0.5) is 4.39 Å². The predicted octanol–water partition coefficient (Wildman–Crippen LogP) is 1.86. The van der Waals surface area contributed by atoms with E-state index in [0.717, 1.165) is 0 Å². The summed E-state index contributed by atoms with van der Waals surface area (Å²) in [4.78, 5) is 11.7. The number of halogens is 2. The molecule has 0 aliphatic carbocycles. The van der Waals surface area contributed by atoms with Crippen LogP contribution >= 0.6 is 15.9 Å². The van der Waals surface area contributed by atoms with E-state index in [1.807, 2.05) is 0 Å². The molecule has 0 aliphatic rings. The summed E-state index contributed by atoms with van der Waals surface area (Å²) in [7, 11) is 0. The maximum atomic E-state index is 13.8. The molecule has 1 aromatic heterocycles.